The van der Waals surface area contributed by atoms with Gasteiger partial charge in [-0.1, -0.05) is 37.3 Å². The molecule has 0 aromatic heterocycles. The second kappa shape index (κ2) is 8.96. The molecule has 1 aromatic carbocycles. The van der Waals surface area contributed by atoms with Gasteiger partial charge in [-0.3, -0.25) is 4.79 Å². The van der Waals surface area contributed by atoms with Gasteiger partial charge in [0.2, 0.25) is 5.91 Å². The van der Waals surface area contributed by atoms with E-state index < -0.39 is 6.09 Å². The molecular weight excluding hydrogens is 256 g/mol. The summed E-state index contributed by atoms with van der Waals surface area (Å²) in [6.45, 7) is 4.69. The molecule has 0 bridgehead atoms. The zero-order valence-corrected chi connectivity index (χ0v) is 12.0. The van der Waals surface area contributed by atoms with Crippen LogP contribution in [-0.4, -0.2) is 31.7 Å². The van der Waals surface area contributed by atoms with Crippen molar-refractivity contribution in [2.24, 2.45) is 0 Å². The summed E-state index contributed by atoms with van der Waals surface area (Å²) in [6.07, 6.45) is 0.332. The number of nitrogens with one attached hydrogen (secondary N) is 2. The molecule has 0 aliphatic rings. The summed E-state index contributed by atoms with van der Waals surface area (Å²) in [5, 5.41) is 5.16. The number of hydrogen-bond acceptors (Lipinski definition) is 3. The number of alkyl carbamates (subject to hydrolysis) is 1. The fourth-order valence-electron chi connectivity index (χ4n) is 1.73. The summed E-state index contributed by atoms with van der Waals surface area (Å²) in [4.78, 5) is 22.0. The van der Waals surface area contributed by atoms with Gasteiger partial charge in [-0.05, 0) is 17.9 Å². The standard InChI is InChI=1S/C15H22N2O3/c1-12(14-6-4-3-5-7-14)8-11-20-15(19)17-10-9-16-13(2)18/h3-7,12H,8-11H2,1-2H3,(H,16,18)(H,17,19). The molecule has 1 aromatic rings. The Morgan fingerprint density at radius 2 is 1.80 bits per heavy atom. The van der Waals surface area contributed by atoms with Crippen LogP contribution in [0.5, 0.6) is 0 Å². The Balaban J connectivity index is 2.11. The molecule has 0 radical (unpaired) electrons. The van der Waals surface area contributed by atoms with Crippen LogP contribution in [0.2, 0.25) is 0 Å². The summed E-state index contributed by atoms with van der Waals surface area (Å²) in [6, 6.07) is 10.1. The smallest absolute Gasteiger partial charge is 0.407 e. The summed E-state index contributed by atoms with van der Waals surface area (Å²) in [5.74, 6) is 0.236. The van der Waals surface area contributed by atoms with Crippen molar-refractivity contribution in [2.45, 2.75) is 26.2 Å². The average Bonchev–Trinajstić information content (AvgIpc) is 2.44. The molecule has 1 unspecified atom stereocenters. The van der Waals surface area contributed by atoms with Gasteiger partial charge in [0, 0.05) is 20.0 Å². The maximum Gasteiger partial charge on any atom is 0.407 e. The molecule has 0 heterocycles. The van der Waals surface area contributed by atoms with Crippen molar-refractivity contribution in [1.82, 2.24) is 10.6 Å². The molecule has 20 heavy (non-hydrogen) atoms. The summed E-state index contributed by atoms with van der Waals surface area (Å²) >= 11 is 0. The molecule has 5 heteroatoms. The van der Waals surface area contributed by atoms with Crippen molar-refractivity contribution >= 4 is 12.0 Å². The van der Waals surface area contributed by atoms with Crippen LogP contribution in [0, 0.1) is 0 Å². The highest BCUT2D eigenvalue weighted by molar-refractivity contribution is 5.73. The number of carbonyl (C=O) groups excluding carboxylic acids is 2. The topological polar surface area (TPSA) is 67.4 Å². The van der Waals surface area contributed by atoms with E-state index in [1.807, 2.05) is 18.2 Å². The lowest BCUT2D eigenvalue weighted by molar-refractivity contribution is -0.118. The van der Waals surface area contributed by atoms with E-state index >= 15 is 0 Å². The third kappa shape index (κ3) is 6.78. The second-order valence-corrected chi connectivity index (χ2v) is 4.65. The number of amides is 2. The number of rotatable bonds is 7. The Labute approximate surface area is 119 Å². The minimum absolute atomic E-state index is 0.114. The van der Waals surface area contributed by atoms with Gasteiger partial charge < -0.3 is 15.4 Å². The molecule has 0 saturated heterocycles. The molecule has 2 amide bonds. The first-order valence-electron chi connectivity index (χ1n) is 6.79. The normalized spacial score (nSPS) is 11.5. The van der Waals surface area contributed by atoms with Crippen LogP contribution in [0.1, 0.15) is 31.7 Å². The maximum atomic E-state index is 11.4. The third-order valence-electron chi connectivity index (χ3n) is 2.92. The Hall–Kier alpha value is -2.04. The number of carbonyl (C=O) groups is 2. The van der Waals surface area contributed by atoms with E-state index in [4.69, 9.17) is 4.74 Å². The summed E-state index contributed by atoms with van der Waals surface area (Å²) in [5.41, 5.74) is 1.24. The van der Waals surface area contributed by atoms with Gasteiger partial charge in [0.05, 0.1) is 6.61 Å². The lowest BCUT2D eigenvalue weighted by Crippen LogP contribution is -2.34. The molecule has 110 valence electrons. The van der Waals surface area contributed by atoms with Crippen LogP contribution >= 0.6 is 0 Å². The minimum Gasteiger partial charge on any atom is -0.450 e. The molecule has 0 saturated carbocycles. The van der Waals surface area contributed by atoms with E-state index in [2.05, 4.69) is 29.7 Å². The highest BCUT2D eigenvalue weighted by atomic mass is 16.5. The van der Waals surface area contributed by atoms with Crippen molar-refractivity contribution < 1.29 is 14.3 Å². The molecule has 0 aliphatic heterocycles. The van der Waals surface area contributed by atoms with E-state index in [-0.39, 0.29) is 5.91 Å². The van der Waals surface area contributed by atoms with Gasteiger partial charge in [-0.2, -0.15) is 0 Å². The highest BCUT2D eigenvalue weighted by Crippen LogP contribution is 2.17. The van der Waals surface area contributed by atoms with Crippen LogP contribution < -0.4 is 10.6 Å². The molecule has 0 fully saturated rings. The maximum absolute atomic E-state index is 11.4. The Morgan fingerprint density at radius 1 is 1.15 bits per heavy atom. The van der Waals surface area contributed by atoms with Crippen molar-refractivity contribution in [1.29, 1.82) is 0 Å². The van der Waals surface area contributed by atoms with E-state index in [9.17, 15) is 9.59 Å². The van der Waals surface area contributed by atoms with Gasteiger partial charge >= 0.3 is 6.09 Å². The molecular formula is C15H22N2O3. The highest BCUT2D eigenvalue weighted by Gasteiger charge is 2.07. The quantitative estimate of drug-likeness (QED) is 0.750. The lowest BCUT2D eigenvalue weighted by atomic mass is 9.98. The number of benzene rings is 1. The minimum atomic E-state index is -0.449. The first-order chi connectivity index (χ1) is 9.59. The van der Waals surface area contributed by atoms with Gasteiger partial charge in [0.25, 0.3) is 0 Å². The number of hydrogen-bond donors (Lipinski definition) is 2. The summed E-state index contributed by atoms with van der Waals surface area (Å²) < 4.78 is 5.08. The molecule has 5 nitrogen and oxygen atoms in total. The van der Waals surface area contributed by atoms with Crippen molar-refractivity contribution in [3.05, 3.63) is 35.9 Å². The van der Waals surface area contributed by atoms with Crippen LogP contribution in [-0.2, 0) is 9.53 Å². The van der Waals surface area contributed by atoms with Gasteiger partial charge in [0.1, 0.15) is 0 Å². The van der Waals surface area contributed by atoms with Gasteiger partial charge in [0.15, 0.2) is 0 Å². The molecule has 1 rings (SSSR count). The predicted octanol–water partition coefficient (Wildman–Crippen LogP) is 2.04. The average molecular weight is 278 g/mol. The van der Waals surface area contributed by atoms with Crippen molar-refractivity contribution in [3.63, 3.8) is 0 Å². The number of ether oxygens (including phenoxy) is 1. The zero-order chi connectivity index (χ0) is 14.8. The van der Waals surface area contributed by atoms with Gasteiger partial charge in [-0.15, -0.1) is 0 Å². The monoisotopic (exact) mass is 278 g/mol. The van der Waals surface area contributed by atoms with E-state index in [0.717, 1.165) is 6.42 Å². The van der Waals surface area contributed by atoms with E-state index in [1.54, 1.807) is 0 Å². The zero-order valence-electron chi connectivity index (χ0n) is 12.0. The molecule has 2 N–H and O–H groups in total. The van der Waals surface area contributed by atoms with Crippen LogP contribution in [0.4, 0.5) is 4.79 Å². The molecule has 0 spiro atoms. The second-order valence-electron chi connectivity index (χ2n) is 4.65. The third-order valence-corrected chi connectivity index (χ3v) is 2.92. The van der Waals surface area contributed by atoms with Crippen LogP contribution in [0.15, 0.2) is 30.3 Å². The first-order valence-corrected chi connectivity index (χ1v) is 6.79. The van der Waals surface area contributed by atoms with E-state index in [0.29, 0.717) is 25.6 Å². The molecule has 0 aliphatic carbocycles. The largest absolute Gasteiger partial charge is 0.450 e. The fourth-order valence-corrected chi connectivity index (χ4v) is 1.73. The molecule has 1 atom stereocenters. The Kier molecular flexibility index (Phi) is 7.17. The van der Waals surface area contributed by atoms with Crippen LogP contribution in [0.3, 0.4) is 0 Å². The lowest BCUT2D eigenvalue weighted by Gasteiger charge is -2.12. The SMILES string of the molecule is CC(=O)NCCNC(=O)OCCC(C)c1ccccc1. The van der Waals surface area contributed by atoms with Crippen molar-refractivity contribution in [3.8, 4) is 0 Å². The van der Waals surface area contributed by atoms with Crippen molar-refractivity contribution in [2.75, 3.05) is 19.7 Å². The fraction of sp³-hybridized carbons (Fsp3) is 0.467. The Bertz CT molecular complexity index is 420. The summed E-state index contributed by atoms with van der Waals surface area (Å²) in [7, 11) is 0. The van der Waals surface area contributed by atoms with Gasteiger partial charge in [-0.25, -0.2) is 4.79 Å². The van der Waals surface area contributed by atoms with Crippen LogP contribution in [0.25, 0.3) is 0 Å². The Morgan fingerprint density at radius 3 is 2.45 bits per heavy atom. The predicted molar refractivity (Wildman–Crippen MR) is 77.5 cm³/mol. The first kappa shape index (κ1) is 16.0. The van der Waals surface area contributed by atoms with E-state index in [1.165, 1.54) is 12.5 Å².